The van der Waals surface area contributed by atoms with E-state index < -0.39 is 32.5 Å². The van der Waals surface area contributed by atoms with Crippen LogP contribution in [-0.4, -0.2) is 13.4 Å². The monoisotopic (exact) mass is 451 g/mol. The quantitative estimate of drug-likeness (QED) is 0.551. The third-order valence-electron chi connectivity index (χ3n) is 4.10. The SMILES string of the molecule is Cc1cc(Oc2ncccc2C#N)ccc1NS(=O)(=O)c1ccc(F)c(C(F)(F)F)c1. The number of nitriles is 1. The van der Waals surface area contributed by atoms with Gasteiger partial charge in [-0.05, 0) is 61.0 Å². The van der Waals surface area contributed by atoms with E-state index in [0.717, 1.165) is 6.07 Å². The van der Waals surface area contributed by atoms with Crippen molar-refractivity contribution in [2.75, 3.05) is 4.72 Å². The lowest BCUT2D eigenvalue weighted by Gasteiger charge is -2.14. The molecule has 0 unspecified atom stereocenters. The molecule has 1 N–H and O–H groups in total. The predicted molar refractivity (Wildman–Crippen MR) is 102 cm³/mol. The molecule has 0 amide bonds. The molecule has 0 bridgehead atoms. The van der Waals surface area contributed by atoms with Crippen molar-refractivity contribution in [2.45, 2.75) is 18.0 Å². The summed E-state index contributed by atoms with van der Waals surface area (Å²) in [6.07, 6.45) is -3.61. The van der Waals surface area contributed by atoms with Crippen molar-refractivity contribution in [3.63, 3.8) is 0 Å². The number of sulfonamides is 1. The van der Waals surface area contributed by atoms with Crippen molar-refractivity contribution in [3.05, 3.63) is 77.2 Å². The molecule has 3 aromatic rings. The summed E-state index contributed by atoms with van der Waals surface area (Å²) in [4.78, 5) is 3.21. The average Bonchev–Trinajstić information content (AvgIpc) is 2.69. The topological polar surface area (TPSA) is 92.1 Å². The van der Waals surface area contributed by atoms with Crippen LogP contribution in [0.4, 0.5) is 23.2 Å². The van der Waals surface area contributed by atoms with Gasteiger partial charge in [-0.15, -0.1) is 0 Å². The summed E-state index contributed by atoms with van der Waals surface area (Å²) in [5.74, 6) is -1.25. The number of ether oxygens (including phenoxy) is 1. The van der Waals surface area contributed by atoms with Crippen molar-refractivity contribution in [1.82, 2.24) is 4.98 Å². The molecular weight excluding hydrogens is 438 g/mol. The highest BCUT2D eigenvalue weighted by molar-refractivity contribution is 7.92. The number of aryl methyl sites for hydroxylation is 1. The van der Waals surface area contributed by atoms with Gasteiger partial charge in [0, 0.05) is 6.20 Å². The first kappa shape index (κ1) is 22.0. The van der Waals surface area contributed by atoms with Gasteiger partial charge >= 0.3 is 6.18 Å². The van der Waals surface area contributed by atoms with Crippen molar-refractivity contribution in [3.8, 4) is 17.7 Å². The minimum atomic E-state index is -5.04. The summed E-state index contributed by atoms with van der Waals surface area (Å²) in [5, 5.41) is 9.08. The van der Waals surface area contributed by atoms with Crippen LogP contribution in [0, 0.1) is 24.1 Å². The number of hydrogen-bond acceptors (Lipinski definition) is 5. The molecule has 0 spiro atoms. The van der Waals surface area contributed by atoms with E-state index in [2.05, 4.69) is 9.71 Å². The van der Waals surface area contributed by atoms with Crippen molar-refractivity contribution >= 4 is 15.7 Å². The molecule has 0 fully saturated rings. The molecule has 0 saturated carbocycles. The van der Waals surface area contributed by atoms with Gasteiger partial charge < -0.3 is 4.74 Å². The van der Waals surface area contributed by atoms with Crippen LogP contribution in [0.25, 0.3) is 0 Å². The molecule has 0 atom stereocenters. The number of halogens is 4. The molecule has 160 valence electrons. The normalized spacial score (nSPS) is 11.6. The van der Waals surface area contributed by atoms with Crippen LogP contribution in [0.3, 0.4) is 0 Å². The number of aromatic nitrogens is 1. The molecule has 3 rings (SSSR count). The van der Waals surface area contributed by atoms with Crippen LogP contribution in [0.15, 0.2) is 59.6 Å². The number of rotatable bonds is 5. The molecule has 31 heavy (non-hydrogen) atoms. The fourth-order valence-electron chi connectivity index (χ4n) is 2.58. The Hall–Kier alpha value is -3.65. The zero-order valence-electron chi connectivity index (χ0n) is 15.7. The predicted octanol–water partition coefficient (Wildman–Crippen LogP) is 5.01. The lowest BCUT2D eigenvalue weighted by Crippen LogP contribution is -2.16. The van der Waals surface area contributed by atoms with Gasteiger partial charge in [-0.3, -0.25) is 4.72 Å². The molecule has 0 aliphatic carbocycles. The van der Waals surface area contributed by atoms with Crippen LogP contribution in [0.1, 0.15) is 16.7 Å². The van der Waals surface area contributed by atoms with Gasteiger partial charge in [0.1, 0.15) is 23.2 Å². The number of nitrogens with zero attached hydrogens (tertiary/aromatic N) is 2. The van der Waals surface area contributed by atoms with Crippen LogP contribution < -0.4 is 9.46 Å². The van der Waals surface area contributed by atoms with Crippen LogP contribution in [-0.2, 0) is 16.2 Å². The Labute approximate surface area is 174 Å². The third kappa shape index (κ3) is 4.92. The number of hydrogen-bond donors (Lipinski definition) is 1. The Bertz CT molecular complexity index is 1290. The summed E-state index contributed by atoms with van der Waals surface area (Å²) in [5.41, 5.74) is -1.03. The van der Waals surface area contributed by atoms with E-state index in [1.165, 1.54) is 30.5 Å². The first-order chi connectivity index (χ1) is 14.5. The van der Waals surface area contributed by atoms with E-state index in [1.807, 2.05) is 6.07 Å². The Kier molecular flexibility index (Phi) is 5.85. The molecule has 1 heterocycles. The second kappa shape index (κ2) is 8.23. The maximum atomic E-state index is 13.4. The highest BCUT2D eigenvalue weighted by atomic mass is 32.2. The molecule has 0 aliphatic rings. The van der Waals surface area contributed by atoms with Crippen molar-refractivity contribution < 1.29 is 30.7 Å². The van der Waals surface area contributed by atoms with Crippen LogP contribution in [0.5, 0.6) is 11.6 Å². The van der Waals surface area contributed by atoms with E-state index >= 15 is 0 Å². The summed E-state index contributed by atoms with van der Waals surface area (Å²) in [7, 11) is -4.43. The first-order valence-corrected chi connectivity index (χ1v) is 10.0. The molecule has 2 aromatic carbocycles. The third-order valence-corrected chi connectivity index (χ3v) is 5.47. The van der Waals surface area contributed by atoms with Crippen LogP contribution >= 0.6 is 0 Å². The molecule has 0 saturated heterocycles. The number of alkyl halides is 3. The molecule has 0 radical (unpaired) electrons. The summed E-state index contributed by atoms with van der Waals surface area (Å²) >= 11 is 0. The van der Waals surface area contributed by atoms with Gasteiger partial charge in [0.2, 0.25) is 5.88 Å². The second-order valence-electron chi connectivity index (χ2n) is 6.29. The number of nitrogens with one attached hydrogen (secondary N) is 1. The van der Waals surface area contributed by atoms with Crippen LogP contribution in [0.2, 0.25) is 0 Å². The average molecular weight is 451 g/mol. The van der Waals surface area contributed by atoms with Gasteiger partial charge in [-0.2, -0.15) is 18.4 Å². The van der Waals surface area contributed by atoms with Crippen molar-refractivity contribution in [1.29, 1.82) is 5.26 Å². The van der Waals surface area contributed by atoms with E-state index in [1.54, 1.807) is 13.0 Å². The van der Waals surface area contributed by atoms with E-state index in [0.29, 0.717) is 11.6 Å². The highest BCUT2D eigenvalue weighted by Gasteiger charge is 2.35. The van der Waals surface area contributed by atoms with E-state index in [9.17, 15) is 26.0 Å². The molecule has 1 aromatic heterocycles. The van der Waals surface area contributed by atoms with Gasteiger partial charge in [0.15, 0.2) is 0 Å². The second-order valence-corrected chi connectivity index (χ2v) is 7.97. The van der Waals surface area contributed by atoms with Gasteiger partial charge in [-0.1, -0.05) is 0 Å². The largest absolute Gasteiger partial charge is 0.438 e. The maximum Gasteiger partial charge on any atom is 0.419 e. The lowest BCUT2D eigenvalue weighted by atomic mass is 10.2. The Morgan fingerprint density at radius 2 is 1.87 bits per heavy atom. The maximum absolute atomic E-state index is 13.4. The molecular formula is C20H13F4N3O3S. The minimum Gasteiger partial charge on any atom is -0.438 e. The van der Waals surface area contributed by atoms with Crippen molar-refractivity contribution in [2.24, 2.45) is 0 Å². The Morgan fingerprint density at radius 1 is 1.13 bits per heavy atom. The van der Waals surface area contributed by atoms with Gasteiger partial charge in [0.05, 0.1) is 16.1 Å². The van der Waals surface area contributed by atoms with E-state index in [-0.39, 0.29) is 28.9 Å². The summed E-state index contributed by atoms with van der Waals surface area (Å²) < 4.78 is 84.9. The smallest absolute Gasteiger partial charge is 0.419 e. The molecule has 11 heteroatoms. The molecule has 6 nitrogen and oxygen atoms in total. The Morgan fingerprint density at radius 3 is 2.52 bits per heavy atom. The molecule has 0 aliphatic heterocycles. The minimum absolute atomic E-state index is 0.0590. The fraction of sp³-hybridized carbons (Fsp3) is 0.100. The van der Waals surface area contributed by atoms with Gasteiger partial charge in [0.25, 0.3) is 10.0 Å². The Balaban J connectivity index is 1.87. The lowest BCUT2D eigenvalue weighted by molar-refractivity contribution is -0.140. The number of pyridine rings is 1. The summed E-state index contributed by atoms with van der Waals surface area (Å²) in [6, 6.07) is 10.6. The van der Waals surface area contributed by atoms with E-state index in [4.69, 9.17) is 10.00 Å². The zero-order chi connectivity index (χ0) is 22.8. The fourth-order valence-corrected chi connectivity index (χ4v) is 3.73. The highest BCUT2D eigenvalue weighted by Crippen LogP contribution is 2.33. The standard InChI is InChI=1S/C20H13F4N3O3S/c1-12-9-14(30-19-13(11-25)3-2-8-26-19)4-7-18(12)27-31(28,29)15-5-6-17(21)16(10-15)20(22,23)24/h2-10,27H,1H3. The zero-order valence-corrected chi connectivity index (χ0v) is 16.6. The van der Waals surface area contributed by atoms with Gasteiger partial charge in [-0.25, -0.2) is 17.8 Å². The summed E-state index contributed by atoms with van der Waals surface area (Å²) in [6.45, 7) is 1.54. The first-order valence-electron chi connectivity index (χ1n) is 8.54. The number of anilines is 1. The number of benzene rings is 2.